The first-order valence-electron chi connectivity index (χ1n) is 11.7. The lowest BCUT2D eigenvalue weighted by molar-refractivity contribution is -0.0501. The Balaban J connectivity index is 1.60. The number of carbonyl (C=O) groups excluding carboxylic acids is 2. The van der Waals surface area contributed by atoms with E-state index in [0.717, 1.165) is 5.56 Å². The largest absolute Gasteiger partial charge is 0.496 e. The predicted molar refractivity (Wildman–Crippen MR) is 131 cm³/mol. The predicted octanol–water partition coefficient (Wildman–Crippen LogP) is 4.13. The van der Waals surface area contributed by atoms with E-state index in [-0.39, 0.29) is 40.6 Å². The molecular weight excluding hydrogens is 484 g/mol. The van der Waals surface area contributed by atoms with Gasteiger partial charge in [-0.15, -0.1) is 0 Å². The van der Waals surface area contributed by atoms with Crippen LogP contribution in [0.4, 0.5) is 8.78 Å². The number of methoxy groups -OCH3 is 2. The number of para-hydroxylation sites is 1. The second-order valence-corrected chi connectivity index (χ2v) is 8.41. The molecule has 1 saturated heterocycles. The summed E-state index contributed by atoms with van der Waals surface area (Å²) in [5.41, 5.74) is 1.16. The Kier molecular flexibility index (Phi) is 8.17. The zero-order valence-corrected chi connectivity index (χ0v) is 20.4. The Morgan fingerprint density at radius 2 is 1.73 bits per heavy atom. The minimum atomic E-state index is -3.05. The van der Waals surface area contributed by atoms with Gasteiger partial charge in [0.2, 0.25) is 5.88 Å². The molecule has 2 atom stereocenters. The molecular formula is C27H27F2N3O5. The zero-order chi connectivity index (χ0) is 26.4. The molecule has 37 heavy (non-hydrogen) atoms. The van der Waals surface area contributed by atoms with Gasteiger partial charge in [0.25, 0.3) is 11.8 Å². The number of alkyl halides is 2. The van der Waals surface area contributed by atoms with E-state index >= 15 is 0 Å². The number of hydrogen-bond donors (Lipinski definition) is 1. The highest BCUT2D eigenvalue weighted by Crippen LogP contribution is 2.33. The number of likely N-dealkylation sites (tertiary alicyclic amines) is 1. The molecule has 1 aliphatic heterocycles. The molecule has 10 heteroatoms. The molecule has 0 bridgehead atoms. The van der Waals surface area contributed by atoms with Crippen LogP contribution in [0.3, 0.4) is 0 Å². The molecule has 0 saturated carbocycles. The van der Waals surface area contributed by atoms with Gasteiger partial charge in [0.05, 0.1) is 19.8 Å². The number of nitrogens with zero attached hydrogens (tertiary/aromatic N) is 2. The lowest BCUT2D eigenvalue weighted by Crippen LogP contribution is -2.51. The maximum atomic E-state index is 13.6. The van der Waals surface area contributed by atoms with Crippen molar-refractivity contribution in [3.8, 4) is 17.4 Å². The summed E-state index contributed by atoms with van der Waals surface area (Å²) in [5.74, 6) is -0.791. The quantitative estimate of drug-likeness (QED) is 0.489. The fraction of sp³-hybridized carbons (Fsp3) is 0.296. The van der Waals surface area contributed by atoms with Gasteiger partial charge in [-0.05, 0) is 30.2 Å². The van der Waals surface area contributed by atoms with E-state index in [2.05, 4.69) is 15.0 Å². The summed E-state index contributed by atoms with van der Waals surface area (Å²) in [7, 11) is 2.90. The van der Waals surface area contributed by atoms with Crippen LogP contribution in [0.2, 0.25) is 0 Å². The number of halogens is 2. The van der Waals surface area contributed by atoms with Crippen molar-refractivity contribution < 1.29 is 32.6 Å². The summed E-state index contributed by atoms with van der Waals surface area (Å²) in [6, 6.07) is 16.6. The molecule has 2 heterocycles. The van der Waals surface area contributed by atoms with Crippen LogP contribution in [0.1, 0.15) is 38.6 Å². The van der Waals surface area contributed by atoms with Gasteiger partial charge in [-0.25, -0.2) is 4.98 Å². The molecule has 0 unspecified atom stereocenters. The molecule has 1 N–H and O–H groups in total. The van der Waals surface area contributed by atoms with Crippen molar-refractivity contribution in [2.45, 2.75) is 25.0 Å². The summed E-state index contributed by atoms with van der Waals surface area (Å²) in [4.78, 5) is 32.5. The smallest absolute Gasteiger partial charge is 0.387 e. The zero-order valence-electron chi connectivity index (χ0n) is 20.4. The molecule has 0 radical (unpaired) electrons. The third-order valence-corrected chi connectivity index (χ3v) is 6.30. The average Bonchev–Trinajstić information content (AvgIpc) is 2.92. The maximum Gasteiger partial charge on any atom is 0.387 e. The number of piperidine rings is 1. The van der Waals surface area contributed by atoms with E-state index in [9.17, 15) is 18.4 Å². The number of aromatic nitrogens is 1. The van der Waals surface area contributed by atoms with Gasteiger partial charge < -0.3 is 24.4 Å². The number of benzene rings is 2. The molecule has 0 spiro atoms. The monoisotopic (exact) mass is 511 g/mol. The number of nitrogens with one attached hydrogen (secondary N) is 1. The van der Waals surface area contributed by atoms with Crippen LogP contribution in [-0.2, 0) is 0 Å². The van der Waals surface area contributed by atoms with Crippen molar-refractivity contribution in [3.05, 3.63) is 83.6 Å². The Morgan fingerprint density at radius 1 is 1.00 bits per heavy atom. The lowest BCUT2D eigenvalue weighted by Gasteiger charge is -2.39. The fourth-order valence-corrected chi connectivity index (χ4v) is 4.55. The Bertz CT molecular complexity index is 1220. The first-order valence-corrected chi connectivity index (χ1v) is 11.7. The van der Waals surface area contributed by atoms with E-state index in [1.54, 1.807) is 17.0 Å². The van der Waals surface area contributed by atoms with Crippen LogP contribution in [0.5, 0.6) is 17.4 Å². The van der Waals surface area contributed by atoms with Crippen LogP contribution in [-0.4, -0.2) is 61.7 Å². The molecule has 8 nitrogen and oxygen atoms in total. The molecule has 1 aromatic heterocycles. The van der Waals surface area contributed by atoms with E-state index in [1.165, 1.54) is 38.6 Å². The summed E-state index contributed by atoms with van der Waals surface area (Å²) in [6.07, 6.45) is 1.93. The number of hydrogen-bond acceptors (Lipinski definition) is 6. The highest BCUT2D eigenvalue weighted by Gasteiger charge is 2.36. The highest BCUT2D eigenvalue weighted by molar-refractivity contribution is 5.99. The number of carbonyl (C=O) groups is 2. The van der Waals surface area contributed by atoms with Crippen LogP contribution in [0.25, 0.3) is 0 Å². The summed E-state index contributed by atoms with van der Waals surface area (Å²) < 4.78 is 40.9. The van der Waals surface area contributed by atoms with Crippen LogP contribution in [0, 0.1) is 0 Å². The van der Waals surface area contributed by atoms with Gasteiger partial charge in [-0.3, -0.25) is 9.59 Å². The summed E-state index contributed by atoms with van der Waals surface area (Å²) >= 11 is 0. The minimum Gasteiger partial charge on any atom is -0.496 e. The SMILES string of the molecule is COc1ccnc(OC)c1C(=O)N1CC[C@@H](NC(=O)c2ccccc2OC(F)F)[C@H](c2ccccc2)C1. The number of amides is 2. The molecule has 2 amide bonds. The van der Waals surface area contributed by atoms with Crippen LogP contribution < -0.4 is 19.5 Å². The van der Waals surface area contributed by atoms with Crippen molar-refractivity contribution in [3.63, 3.8) is 0 Å². The summed E-state index contributed by atoms with van der Waals surface area (Å²) in [6.45, 7) is -2.42. The Hall–Kier alpha value is -4.21. The van der Waals surface area contributed by atoms with Crippen molar-refractivity contribution in [1.82, 2.24) is 15.2 Å². The number of rotatable bonds is 8. The number of ether oxygens (including phenoxy) is 3. The topological polar surface area (TPSA) is 90.0 Å². The molecule has 194 valence electrons. The van der Waals surface area contributed by atoms with E-state index in [4.69, 9.17) is 9.47 Å². The van der Waals surface area contributed by atoms with Gasteiger partial charge in [0.15, 0.2) is 0 Å². The van der Waals surface area contributed by atoms with Gasteiger partial charge in [-0.1, -0.05) is 42.5 Å². The van der Waals surface area contributed by atoms with Gasteiger partial charge >= 0.3 is 6.61 Å². The third kappa shape index (κ3) is 5.79. The first-order chi connectivity index (χ1) is 17.9. The second-order valence-electron chi connectivity index (χ2n) is 8.41. The maximum absolute atomic E-state index is 13.6. The first kappa shape index (κ1) is 25.9. The highest BCUT2D eigenvalue weighted by atomic mass is 19.3. The Morgan fingerprint density at radius 3 is 2.43 bits per heavy atom. The third-order valence-electron chi connectivity index (χ3n) is 6.30. The minimum absolute atomic E-state index is 0.0120. The normalized spacial score (nSPS) is 17.3. The summed E-state index contributed by atoms with van der Waals surface area (Å²) in [5, 5.41) is 2.98. The molecule has 1 fully saturated rings. The van der Waals surface area contributed by atoms with Crippen LogP contribution in [0.15, 0.2) is 66.9 Å². The van der Waals surface area contributed by atoms with Crippen molar-refractivity contribution in [1.29, 1.82) is 0 Å². The van der Waals surface area contributed by atoms with E-state index < -0.39 is 12.5 Å². The van der Waals surface area contributed by atoms with Crippen LogP contribution >= 0.6 is 0 Å². The molecule has 3 aromatic rings. The van der Waals surface area contributed by atoms with Gasteiger partial charge in [0, 0.05) is 31.2 Å². The average molecular weight is 512 g/mol. The fourth-order valence-electron chi connectivity index (χ4n) is 4.55. The molecule has 4 rings (SSSR count). The number of pyridine rings is 1. The van der Waals surface area contributed by atoms with Crippen molar-refractivity contribution in [2.24, 2.45) is 0 Å². The molecule has 1 aliphatic rings. The standard InChI is InChI=1S/C27H27F2N3O5/c1-35-22-12-14-30-25(36-2)23(22)26(34)32-15-13-20(19(16-32)17-8-4-3-5-9-17)31-24(33)18-10-6-7-11-21(18)37-27(28)29/h3-12,14,19-20,27H,13,15-16H2,1-2H3,(H,31,33)/t19-,20+/m0/s1. The van der Waals surface area contributed by atoms with Crippen molar-refractivity contribution in [2.75, 3.05) is 27.3 Å². The Labute approximate surface area is 213 Å². The second kappa shape index (κ2) is 11.7. The lowest BCUT2D eigenvalue weighted by atomic mass is 9.85. The van der Waals surface area contributed by atoms with Crippen molar-refractivity contribution >= 4 is 11.8 Å². The molecule has 0 aliphatic carbocycles. The van der Waals surface area contributed by atoms with E-state index in [0.29, 0.717) is 25.3 Å². The van der Waals surface area contributed by atoms with Gasteiger partial charge in [0.1, 0.15) is 17.1 Å². The van der Waals surface area contributed by atoms with Gasteiger partial charge in [-0.2, -0.15) is 8.78 Å². The van der Waals surface area contributed by atoms with E-state index in [1.807, 2.05) is 30.3 Å². The molecule has 2 aromatic carbocycles.